The lowest BCUT2D eigenvalue weighted by molar-refractivity contribution is 0.307. The number of hydrogen-bond donors (Lipinski definition) is 1. The second kappa shape index (κ2) is 7.59. The van der Waals surface area contributed by atoms with E-state index >= 15 is 0 Å². The first-order chi connectivity index (χ1) is 9.38. The molecule has 0 amide bonds. The van der Waals surface area contributed by atoms with E-state index in [-0.39, 0.29) is 0 Å². The third-order valence-corrected chi connectivity index (χ3v) is 3.13. The molecule has 0 spiro atoms. The molecular formula is C17H21NO. The van der Waals surface area contributed by atoms with Crippen molar-refractivity contribution in [3.63, 3.8) is 0 Å². The topological polar surface area (TPSA) is 35.2 Å². The Morgan fingerprint density at radius 2 is 1.53 bits per heavy atom. The molecule has 2 N–H and O–H groups in total. The molecule has 0 saturated heterocycles. The van der Waals surface area contributed by atoms with Crippen molar-refractivity contribution in [2.45, 2.75) is 25.8 Å². The highest BCUT2D eigenvalue weighted by atomic mass is 16.5. The van der Waals surface area contributed by atoms with E-state index < -0.39 is 0 Å². The fraction of sp³-hybridized carbons (Fsp3) is 0.294. The number of rotatable bonds is 7. The molecule has 0 atom stereocenters. The third kappa shape index (κ3) is 4.76. The van der Waals surface area contributed by atoms with Crippen molar-refractivity contribution in [2.75, 3.05) is 6.61 Å². The zero-order valence-electron chi connectivity index (χ0n) is 11.2. The lowest BCUT2D eigenvalue weighted by atomic mass is 10.1. The van der Waals surface area contributed by atoms with Gasteiger partial charge in [-0.1, -0.05) is 42.5 Å². The van der Waals surface area contributed by atoms with Crippen molar-refractivity contribution in [1.29, 1.82) is 0 Å². The monoisotopic (exact) mass is 255 g/mol. The highest BCUT2D eigenvalue weighted by Gasteiger charge is 1.96. The molecule has 2 rings (SSSR count). The lowest BCUT2D eigenvalue weighted by Gasteiger charge is -2.07. The predicted molar refractivity (Wildman–Crippen MR) is 79.2 cm³/mol. The number of hydrogen-bond acceptors (Lipinski definition) is 2. The Hall–Kier alpha value is -1.80. The highest BCUT2D eigenvalue weighted by molar-refractivity contribution is 5.27. The van der Waals surface area contributed by atoms with Gasteiger partial charge in [0.25, 0.3) is 0 Å². The molecule has 0 aliphatic rings. The van der Waals surface area contributed by atoms with Crippen LogP contribution >= 0.6 is 0 Å². The Balaban J connectivity index is 1.63. The summed E-state index contributed by atoms with van der Waals surface area (Å²) in [6, 6.07) is 18.6. The molecule has 2 aromatic rings. The first-order valence-corrected chi connectivity index (χ1v) is 6.84. The molecule has 2 nitrogen and oxygen atoms in total. The molecule has 0 bridgehead atoms. The van der Waals surface area contributed by atoms with E-state index in [1.807, 2.05) is 24.3 Å². The standard InChI is InChI=1S/C17H21NO/c18-14-16-9-11-17(12-10-16)19-13-5-4-8-15-6-2-1-3-7-15/h1-3,6-7,9-12H,4-5,8,13-14,18H2. The quantitative estimate of drug-likeness (QED) is 0.768. The molecule has 0 aliphatic heterocycles. The molecule has 19 heavy (non-hydrogen) atoms. The second-order valence-electron chi connectivity index (χ2n) is 4.64. The van der Waals surface area contributed by atoms with Crippen molar-refractivity contribution in [3.8, 4) is 5.75 Å². The molecule has 0 aromatic heterocycles. The van der Waals surface area contributed by atoms with Crippen molar-refractivity contribution in [2.24, 2.45) is 5.73 Å². The highest BCUT2D eigenvalue weighted by Crippen LogP contribution is 2.12. The molecule has 0 aliphatic carbocycles. The van der Waals surface area contributed by atoms with Crippen LogP contribution in [-0.4, -0.2) is 6.61 Å². The smallest absolute Gasteiger partial charge is 0.119 e. The molecule has 0 unspecified atom stereocenters. The van der Waals surface area contributed by atoms with E-state index in [1.54, 1.807) is 0 Å². The minimum absolute atomic E-state index is 0.581. The SMILES string of the molecule is NCc1ccc(OCCCCc2ccccc2)cc1. The molecular weight excluding hydrogens is 234 g/mol. The number of aryl methyl sites for hydroxylation is 1. The van der Waals surface area contributed by atoms with Gasteiger partial charge < -0.3 is 10.5 Å². The summed E-state index contributed by atoms with van der Waals surface area (Å²) in [6.45, 7) is 1.35. The van der Waals surface area contributed by atoms with Gasteiger partial charge in [-0.05, 0) is 42.5 Å². The van der Waals surface area contributed by atoms with Gasteiger partial charge in [-0.25, -0.2) is 0 Å². The summed E-state index contributed by atoms with van der Waals surface area (Å²) >= 11 is 0. The zero-order valence-corrected chi connectivity index (χ0v) is 11.2. The van der Waals surface area contributed by atoms with Gasteiger partial charge in [0.15, 0.2) is 0 Å². The number of ether oxygens (including phenoxy) is 1. The summed E-state index contributed by atoms with van der Waals surface area (Å²) in [5, 5.41) is 0. The first-order valence-electron chi connectivity index (χ1n) is 6.84. The Morgan fingerprint density at radius 1 is 0.789 bits per heavy atom. The normalized spacial score (nSPS) is 10.4. The molecule has 2 aromatic carbocycles. The third-order valence-electron chi connectivity index (χ3n) is 3.13. The molecule has 0 radical (unpaired) electrons. The summed E-state index contributed by atoms with van der Waals surface area (Å²) in [4.78, 5) is 0. The van der Waals surface area contributed by atoms with Crippen LogP contribution in [0.1, 0.15) is 24.0 Å². The summed E-state index contributed by atoms with van der Waals surface area (Å²) in [5.41, 5.74) is 8.09. The van der Waals surface area contributed by atoms with Gasteiger partial charge in [0.2, 0.25) is 0 Å². The summed E-state index contributed by atoms with van der Waals surface area (Å²) in [7, 11) is 0. The Bertz CT molecular complexity index is 464. The van der Waals surface area contributed by atoms with E-state index in [1.165, 1.54) is 5.56 Å². The van der Waals surface area contributed by atoms with Crippen molar-refractivity contribution in [3.05, 3.63) is 65.7 Å². The van der Waals surface area contributed by atoms with Crippen molar-refractivity contribution in [1.82, 2.24) is 0 Å². The van der Waals surface area contributed by atoms with Crippen LogP contribution in [0.25, 0.3) is 0 Å². The van der Waals surface area contributed by atoms with Gasteiger partial charge in [0.1, 0.15) is 5.75 Å². The van der Waals surface area contributed by atoms with Crippen LogP contribution in [0.15, 0.2) is 54.6 Å². The second-order valence-corrected chi connectivity index (χ2v) is 4.64. The fourth-order valence-corrected chi connectivity index (χ4v) is 1.99. The van der Waals surface area contributed by atoms with Gasteiger partial charge in [0.05, 0.1) is 6.61 Å². The van der Waals surface area contributed by atoms with Crippen LogP contribution in [0.3, 0.4) is 0 Å². The minimum atomic E-state index is 0.581. The van der Waals surface area contributed by atoms with Crippen LogP contribution in [0.5, 0.6) is 5.75 Å². The van der Waals surface area contributed by atoms with E-state index in [9.17, 15) is 0 Å². The van der Waals surface area contributed by atoms with Gasteiger partial charge in [0, 0.05) is 6.54 Å². The number of unbranched alkanes of at least 4 members (excludes halogenated alkanes) is 1. The summed E-state index contributed by atoms with van der Waals surface area (Å²) in [5.74, 6) is 0.928. The largest absolute Gasteiger partial charge is 0.494 e. The predicted octanol–water partition coefficient (Wildman–Crippen LogP) is 3.55. The number of benzene rings is 2. The van der Waals surface area contributed by atoms with Gasteiger partial charge in [-0.3, -0.25) is 0 Å². The maximum Gasteiger partial charge on any atom is 0.119 e. The van der Waals surface area contributed by atoms with E-state index in [0.717, 1.165) is 37.2 Å². The lowest BCUT2D eigenvalue weighted by Crippen LogP contribution is -1.99. The van der Waals surface area contributed by atoms with Gasteiger partial charge in [-0.2, -0.15) is 0 Å². The Labute approximate surface area is 115 Å². The Morgan fingerprint density at radius 3 is 2.21 bits per heavy atom. The van der Waals surface area contributed by atoms with Crippen molar-refractivity contribution >= 4 is 0 Å². The average molecular weight is 255 g/mol. The van der Waals surface area contributed by atoms with Gasteiger partial charge in [-0.15, -0.1) is 0 Å². The van der Waals surface area contributed by atoms with Crippen LogP contribution < -0.4 is 10.5 Å². The van der Waals surface area contributed by atoms with Gasteiger partial charge >= 0.3 is 0 Å². The molecule has 2 heteroatoms. The molecule has 100 valence electrons. The van der Waals surface area contributed by atoms with E-state index in [4.69, 9.17) is 10.5 Å². The average Bonchev–Trinajstić information content (AvgIpc) is 2.49. The maximum absolute atomic E-state index is 5.70. The van der Waals surface area contributed by atoms with Crippen LogP contribution in [0.2, 0.25) is 0 Å². The minimum Gasteiger partial charge on any atom is -0.494 e. The molecule has 0 fully saturated rings. The fourth-order valence-electron chi connectivity index (χ4n) is 1.99. The van der Waals surface area contributed by atoms with Crippen LogP contribution in [-0.2, 0) is 13.0 Å². The van der Waals surface area contributed by atoms with Crippen molar-refractivity contribution < 1.29 is 4.74 Å². The first kappa shape index (κ1) is 13.6. The van der Waals surface area contributed by atoms with Crippen LogP contribution in [0, 0.1) is 0 Å². The molecule has 0 heterocycles. The Kier molecular flexibility index (Phi) is 5.45. The maximum atomic E-state index is 5.70. The number of nitrogens with two attached hydrogens (primary N) is 1. The van der Waals surface area contributed by atoms with Crippen LogP contribution in [0.4, 0.5) is 0 Å². The summed E-state index contributed by atoms with van der Waals surface area (Å²) in [6.07, 6.45) is 3.36. The van der Waals surface area contributed by atoms with E-state index in [2.05, 4.69) is 30.3 Å². The molecule has 0 saturated carbocycles. The zero-order chi connectivity index (χ0) is 13.3. The summed E-state index contributed by atoms with van der Waals surface area (Å²) < 4.78 is 5.70. The van der Waals surface area contributed by atoms with E-state index in [0.29, 0.717) is 6.54 Å².